The lowest BCUT2D eigenvalue weighted by molar-refractivity contribution is -0.125. The van der Waals surface area contributed by atoms with E-state index in [4.69, 9.17) is 22.1 Å². The van der Waals surface area contributed by atoms with Crippen LogP contribution in [0.25, 0.3) is 0 Å². The first-order valence-electron chi connectivity index (χ1n) is 6.84. The molecule has 0 spiro atoms. The van der Waals surface area contributed by atoms with Crippen LogP contribution in [-0.2, 0) is 19.4 Å². The van der Waals surface area contributed by atoms with Gasteiger partial charge in [0.1, 0.15) is 0 Å². The van der Waals surface area contributed by atoms with E-state index in [-0.39, 0.29) is 22.8 Å². The van der Waals surface area contributed by atoms with Crippen molar-refractivity contribution in [2.45, 2.75) is 18.9 Å². The number of benzene rings is 1. The van der Waals surface area contributed by atoms with Crippen LogP contribution in [0.2, 0.25) is 5.02 Å². The summed E-state index contributed by atoms with van der Waals surface area (Å²) in [6.07, 6.45) is 0.336. The Labute approximate surface area is 139 Å². The van der Waals surface area contributed by atoms with Gasteiger partial charge in [0.05, 0.1) is 33.3 Å². The number of rotatable bonds is 4. The molecule has 0 bridgehead atoms. The van der Waals surface area contributed by atoms with Gasteiger partial charge in [-0.3, -0.25) is 4.79 Å². The van der Waals surface area contributed by atoms with Crippen LogP contribution in [0.4, 0.5) is 5.69 Å². The summed E-state index contributed by atoms with van der Waals surface area (Å²) in [7, 11) is -3.13. The third kappa shape index (κ3) is 4.59. The second kappa shape index (κ2) is 6.37. The van der Waals surface area contributed by atoms with Gasteiger partial charge in [-0.05, 0) is 31.5 Å². The fourth-order valence-corrected chi connectivity index (χ4v) is 4.58. The molecule has 1 aliphatic rings. The molecule has 2 rings (SSSR count). The Morgan fingerprint density at radius 1 is 1.43 bits per heavy atom. The van der Waals surface area contributed by atoms with E-state index in [1.165, 1.54) is 18.2 Å². The SMILES string of the molecule is CC1(NC(=O)COC(=O)c2ccc(Cl)c(N)c2)CCS(=O)(=O)C1. The average Bonchev–Trinajstić information content (AvgIpc) is 2.72. The van der Waals surface area contributed by atoms with E-state index >= 15 is 0 Å². The minimum absolute atomic E-state index is 0.0353. The molecule has 126 valence electrons. The van der Waals surface area contributed by atoms with E-state index in [0.29, 0.717) is 11.4 Å². The van der Waals surface area contributed by atoms with Crippen LogP contribution >= 0.6 is 11.6 Å². The van der Waals surface area contributed by atoms with Gasteiger partial charge in [0.25, 0.3) is 5.91 Å². The van der Waals surface area contributed by atoms with Crippen LogP contribution in [0.5, 0.6) is 0 Å². The average molecular weight is 361 g/mol. The molecule has 9 heteroatoms. The molecule has 1 aromatic carbocycles. The summed E-state index contributed by atoms with van der Waals surface area (Å²) >= 11 is 5.76. The van der Waals surface area contributed by atoms with Crippen LogP contribution in [-0.4, -0.2) is 43.9 Å². The molecule has 1 aromatic rings. The number of nitrogens with one attached hydrogen (secondary N) is 1. The summed E-state index contributed by atoms with van der Waals surface area (Å²) < 4.78 is 27.9. The van der Waals surface area contributed by atoms with Crippen molar-refractivity contribution in [3.63, 3.8) is 0 Å². The van der Waals surface area contributed by atoms with Crippen LogP contribution in [0.3, 0.4) is 0 Å². The highest BCUT2D eigenvalue weighted by atomic mass is 35.5. The number of hydrogen-bond donors (Lipinski definition) is 2. The summed E-state index contributed by atoms with van der Waals surface area (Å²) in [5, 5.41) is 2.91. The number of anilines is 1. The Morgan fingerprint density at radius 3 is 2.70 bits per heavy atom. The molecular weight excluding hydrogens is 344 g/mol. The maximum Gasteiger partial charge on any atom is 0.338 e. The summed E-state index contributed by atoms with van der Waals surface area (Å²) in [5.41, 5.74) is 5.17. The first-order chi connectivity index (χ1) is 10.6. The molecule has 23 heavy (non-hydrogen) atoms. The smallest absolute Gasteiger partial charge is 0.338 e. The van der Waals surface area contributed by atoms with Gasteiger partial charge < -0.3 is 15.8 Å². The van der Waals surface area contributed by atoms with Crippen LogP contribution in [0, 0.1) is 0 Å². The highest BCUT2D eigenvalue weighted by molar-refractivity contribution is 7.91. The van der Waals surface area contributed by atoms with Crippen molar-refractivity contribution in [1.82, 2.24) is 5.32 Å². The molecule has 7 nitrogen and oxygen atoms in total. The summed E-state index contributed by atoms with van der Waals surface area (Å²) in [5.74, 6) is -1.35. The molecule has 0 aromatic heterocycles. The molecule has 0 saturated carbocycles. The minimum Gasteiger partial charge on any atom is -0.452 e. The zero-order chi connectivity index (χ0) is 17.3. The number of hydrogen-bond acceptors (Lipinski definition) is 6. The predicted octanol–water partition coefficient (Wildman–Crippen LogP) is 0.772. The molecular formula is C14H17ClN2O5S. The van der Waals surface area contributed by atoms with E-state index in [9.17, 15) is 18.0 Å². The van der Waals surface area contributed by atoms with E-state index in [1.807, 2.05) is 0 Å². The van der Waals surface area contributed by atoms with Crippen LogP contribution in [0.15, 0.2) is 18.2 Å². The van der Waals surface area contributed by atoms with Crippen molar-refractivity contribution < 1.29 is 22.7 Å². The molecule has 1 unspecified atom stereocenters. The maximum atomic E-state index is 11.8. The quantitative estimate of drug-likeness (QED) is 0.605. The molecule has 1 heterocycles. The third-order valence-electron chi connectivity index (χ3n) is 3.51. The highest BCUT2D eigenvalue weighted by Crippen LogP contribution is 2.23. The lowest BCUT2D eigenvalue weighted by Gasteiger charge is -2.23. The fraction of sp³-hybridized carbons (Fsp3) is 0.429. The van der Waals surface area contributed by atoms with Crippen molar-refractivity contribution in [3.05, 3.63) is 28.8 Å². The summed E-state index contributed by atoms with van der Waals surface area (Å²) in [6.45, 7) is 1.15. The van der Waals surface area contributed by atoms with Crippen molar-refractivity contribution in [1.29, 1.82) is 0 Å². The Bertz CT molecular complexity index is 750. The van der Waals surface area contributed by atoms with Gasteiger partial charge in [-0.25, -0.2) is 13.2 Å². The van der Waals surface area contributed by atoms with Gasteiger partial charge in [-0.15, -0.1) is 0 Å². The molecule has 0 aliphatic carbocycles. The normalized spacial score (nSPS) is 22.5. The van der Waals surface area contributed by atoms with Crippen LogP contribution in [0.1, 0.15) is 23.7 Å². The summed E-state index contributed by atoms with van der Waals surface area (Å²) in [6, 6.07) is 4.25. The predicted molar refractivity (Wildman–Crippen MR) is 86.0 cm³/mol. The fourth-order valence-electron chi connectivity index (χ4n) is 2.37. The Hall–Kier alpha value is -1.80. The van der Waals surface area contributed by atoms with E-state index < -0.39 is 33.9 Å². The Morgan fingerprint density at radius 2 is 2.13 bits per heavy atom. The number of sulfone groups is 1. The number of ether oxygens (including phenoxy) is 1. The van der Waals surface area contributed by atoms with Crippen molar-refractivity contribution in [2.75, 3.05) is 23.8 Å². The second-order valence-corrected chi connectivity index (χ2v) is 8.35. The molecule has 1 aliphatic heterocycles. The molecule has 1 fully saturated rings. The first kappa shape index (κ1) is 17.6. The molecule has 1 saturated heterocycles. The number of halogens is 1. The second-order valence-electron chi connectivity index (χ2n) is 5.76. The highest BCUT2D eigenvalue weighted by Gasteiger charge is 2.39. The zero-order valence-electron chi connectivity index (χ0n) is 12.5. The number of amides is 1. The van der Waals surface area contributed by atoms with Gasteiger partial charge in [0, 0.05) is 0 Å². The number of esters is 1. The maximum absolute atomic E-state index is 11.8. The topological polar surface area (TPSA) is 116 Å². The van der Waals surface area contributed by atoms with Gasteiger partial charge in [-0.2, -0.15) is 0 Å². The zero-order valence-corrected chi connectivity index (χ0v) is 14.0. The number of nitrogens with two attached hydrogens (primary N) is 1. The molecule has 3 N–H and O–H groups in total. The van der Waals surface area contributed by atoms with Gasteiger partial charge in [-0.1, -0.05) is 11.6 Å². The van der Waals surface area contributed by atoms with Crippen molar-refractivity contribution in [3.8, 4) is 0 Å². The largest absolute Gasteiger partial charge is 0.452 e. The van der Waals surface area contributed by atoms with E-state index in [2.05, 4.69) is 5.32 Å². The van der Waals surface area contributed by atoms with Gasteiger partial charge in [0.2, 0.25) is 0 Å². The Kier molecular flexibility index (Phi) is 4.86. The number of carbonyl (C=O) groups excluding carboxylic acids is 2. The van der Waals surface area contributed by atoms with Gasteiger partial charge in [0.15, 0.2) is 16.4 Å². The van der Waals surface area contributed by atoms with Crippen molar-refractivity contribution >= 4 is 39.0 Å². The molecule has 0 radical (unpaired) electrons. The number of nitrogen functional groups attached to an aromatic ring is 1. The number of carbonyl (C=O) groups is 2. The Balaban J connectivity index is 1.89. The van der Waals surface area contributed by atoms with Crippen molar-refractivity contribution in [2.24, 2.45) is 0 Å². The summed E-state index contributed by atoms with van der Waals surface area (Å²) in [4.78, 5) is 23.7. The third-order valence-corrected chi connectivity index (χ3v) is 5.76. The van der Waals surface area contributed by atoms with E-state index in [0.717, 1.165) is 0 Å². The van der Waals surface area contributed by atoms with Crippen LogP contribution < -0.4 is 11.1 Å². The van der Waals surface area contributed by atoms with E-state index in [1.54, 1.807) is 6.92 Å². The first-order valence-corrected chi connectivity index (χ1v) is 9.04. The standard InChI is InChI=1S/C14H17ClN2O5S/c1-14(4-5-23(20,21)8-14)17-12(18)7-22-13(19)9-2-3-10(15)11(16)6-9/h2-3,6H,4-5,7-8,16H2,1H3,(H,17,18). The minimum atomic E-state index is -3.13. The monoisotopic (exact) mass is 360 g/mol. The molecule has 1 amide bonds. The lowest BCUT2D eigenvalue weighted by atomic mass is 10.0. The van der Waals surface area contributed by atoms with Gasteiger partial charge >= 0.3 is 5.97 Å². The lowest BCUT2D eigenvalue weighted by Crippen LogP contribution is -2.48. The molecule has 1 atom stereocenters.